The normalized spacial score (nSPS) is 10.9. The van der Waals surface area contributed by atoms with Crippen LogP contribution in [0.1, 0.15) is 0 Å². The fraction of sp³-hybridized carbons (Fsp3) is 0. The van der Waals surface area contributed by atoms with Gasteiger partial charge in [0.15, 0.2) is 0 Å². The largest absolute Gasteiger partial charge is 0.538 e. The highest BCUT2D eigenvalue weighted by Crippen LogP contribution is 2.43. The maximum absolute atomic E-state index is 6.34. The Bertz CT molecular complexity index is 1280. The lowest BCUT2D eigenvalue weighted by Crippen LogP contribution is -2.08. The van der Waals surface area contributed by atoms with E-state index in [1.807, 2.05) is 0 Å². The van der Waals surface area contributed by atoms with Crippen LogP contribution < -0.4 is 3.69 Å². The molecule has 0 N–H and O–H groups in total. The molecule has 0 aromatic heterocycles. The second kappa shape index (κ2) is 7.60. The Labute approximate surface area is 178 Å². The molecule has 5 aromatic rings. The summed E-state index contributed by atoms with van der Waals surface area (Å²) in [6.07, 6.45) is 0. The maximum atomic E-state index is 6.34. The van der Waals surface area contributed by atoms with Crippen molar-refractivity contribution < 1.29 is 0 Å². The van der Waals surface area contributed by atoms with Crippen LogP contribution in [0, 0.1) is 0 Å². The molecule has 0 amide bonds. The van der Waals surface area contributed by atoms with Crippen LogP contribution in [-0.4, -0.2) is 19.3 Å². The van der Waals surface area contributed by atoms with Gasteiger partial charge in [-0.15, -0.1) is 3.69 Å². The summed E-state index contributed by atoms with van der Waals surface area (Å²) in [6, 6.07) is 36.9. The summed E-state index contributed by atoms with van der Waals surface area (Å²) in [5.74, 6) is 0. The lowest BCUT2D eigenvalue weighted by Gasteiger charge is -2.18. The zero-order valence-electron chi connectivity index (χ0n) is 15.4. The predicted molar refractivity (Wildman–Crippen MR) is 124 cm³/mol. The SMILES string of the molecule is [Cl][Mg][c]1ccc2c(-c3ccccc3)c3ccccc3c(-c3ccccc3)c2c1. The Morgan fingerprint density at radius 3 is 1.46 bits per heavy atom. The highest BCUT2D eigenvalue weighted by Gasteiger charge is 2.16. The number of fused-ring (bicyclic) bond motifs is 2. The van der Waals surface area contributed by atoms with Gasteiger partial charge in [-0.25, -0.2) is 0 Å². The van der Waals surface area contributed by atoms with Gasteiger partial charge in [0, 0.05) is 0 Å². The van der Waals surface area contributed by atoms with E-state index in [-0.39, 0.29) is 0 Å². The number of hydrogen-bond donors (Lipinski definition) is 0. The molecule has 0 bridgehead atoms. The van der Waals surface area contributed by atoms with Crippen LogP contribution in [0.25, 0.3) is 43.8 Å². The van der Waals surface area contributed by atoms with Crippen molar-refractivity contribution in [1.29, 1.82) is 0 Å². The van der Waals surface area contributed by atoms with Crippen LogP contribution in [0.4, 0.5) is 0 Å². The second-order valence-corrected chi connectivity index (χ2v) is 8.93. The van der Waals surface area contributed by atoms with Crippen LogP contribution in [0.2, 0.25) is 0 Å². The van der Waals surface area contributed by atoms with Gasteiger partial charge < -0.3 is 9.07 Å². The Hall–Kier alpha value is -2.32. The molecule has 0 saturated heterocycles. The first kappa shape index (κ1) is 17.8. The van der Waals surface area contributed by atoms with Crippen molar-refractivity contribution >= 4 is 53.6 Å². The van der Waals surface area contributed by atoms with Gasteiger partial charge in [0.1, 0.15) is 0 Å². The molecule has 5 rings (SSSR count). The van der Waals surface area contributed by atoms with E-state index in [0.29, 0.717) is 0 Å². The van der Waals surface area contributed by atoms with Crippen LogP contribution >= 0.6 is 9.07 Å². The van der Waals surface area contributed by atoms with Gasteiger partial charge in [0.25, 0.3) is 0 Å². The monoisotopic (exact) mass is 388 g/mol. The minimum atomic E-state index is -0.747. The fourth-order valence-corrected chi connectivity index (χ4v) is 5.13. The van der Waals surface area contributed by atoms with Gasteiger partial charge in [-0.2, -0.15) is 0 Å². The summed E-state index contributed by atoms with van der Waals surface area (Å²) >= 11 is -0.747. The van der Waals surface area contributed by atoms with E-state index < -0.39 is 19.3 Å². The van der Waals surface area contributed by atoms with Gasteiger partial charge >= 0.3 is 19.3 Å². The maximum Gasteiger partial charge on any atom is 0.538 e. The molecule has 0 fully saturated rings. The topological polar surface area (TPSA) is 0 Å². The Morgan fingerprint density at radius 1 is 0.464 bits per heavy atom. The number of hydrogen-bond acceptors (Lipinski definition) is 0. The molecule has 0 spiro atoms. The average molecular weight is 389 g/mol. The molecular weight excluding hydrogens is 372 g/mol. The third-order valence-electron chi connectivity index (χ3n) is 5.37. The summed E-state index contributed by atoms with van der Waals surface area (Å²) in [5.41, 5.74) is 5.09. The first-order valence-corrected chi connectivity index (χ1v) is 12.4. The van der Waals surface area contributed by atoms with E-state index in [4.69, 9.17) is 9.07 Å². The van der Waals surface area contributed by atoms with Gasteiger partial charge in [-0.1, -0.05) is 103 Å². The third kappa shape index (κ3) is 3.00. The molecule has 28 heavy (non-hydrogen) atoms. The molecule has 0 unspecified atom stereocenters. The minimum absolute atomic E-state index is 0.747. The lowest BCUT2D eigenvalue weighted by molar-refractivity contribution is 1.65. The minimum Gasteiger partial charge on any atom is -0.336 e. The van der Waals surface area contributed by atoms with Gasteiger partial charge in [-0.05, 0) is 43.8 Å². The predicted octanol–water partition coefficient (Wildman–Crippen LogP) is 6.81. The zero-order valence-corrected chi connectivity index (χ0v) is 17.6. The third-order valence-corrected chi connectivity index (χ3v) is 7.04. The molecule has 5 aromatic carbocycles. The molecule has 130 valence electrons. The zero-order chi connectivity index (χ0) is 18.9. The first-order valence-electron chi connectivity index (χ1n) is 9.51. The van der Waals surface area contributed by atoms with E-state index in [2.05, 4.69) is 103 Å². The number of rotatable bonds is 3. The molecule has 0 saturated carbocycles. The lowest BCUT2D eigenvalue weighted by atomic mass is 9.86. The molecule has 0 aliphatic carbocycles. The van der Waals surface area contributed by atoms with Crippen LogP contribution in [0.3, 0.4) is 0 Å². The van der Waals surface area contributed by atoms with E-state index >= 15 is 0 Å². The molecular formula is C26H17ClMg. The number of benzene rings is 5. The number of halogens is 1. The van der Waals surface area contributed by atoms with Crippen molar-refractivity contribution in [2.45, 2.75) is 0 Å². The van der Waals surface area contributed by atoms with Crippen LogP contribution in [0.15, 0.2) is 103 Å². The molecule has 0 aliphatic rings. The molecule has 0 aliphatic heterocycles. The Kier molecular flexibility index (Phi) is 4.82. The Morgan fingerprint density at radius 2 is 0.929 bits per heavy atom. The summed E-state index contributed by atoms with van der Waals surface area (Å²) in [4.78, 5) is 0. The van der Waals surface area contributed by atoms with Crippen molar-refractivity contribution in [2.75, 3.05) is 0 Å². The van der Waals surface area contributed by atoms with Gasteiger partial charge in [0.05, 0.1) is 0 Å². The molecule has 0 radical (unpaired) electrons. The van der Waals surface area contributed by atoms with E-state index in [0.717, 1.165) is 0 Å². The smallest absolute Gasteiger partial charge is 0.336 e. The molecule has 2 heteroatoms. The average Bonchev–Trinajstić information content (AvgIpc) is 2.78. The van der Waals surface area contributed by atoms with Gasteiger partial charge in [0.2, 0.25) is 0 Å². The molecule has 0 atom stereocenters. The van der Waals surface area contributed by atoms with Crippen LogP contribution in [0.5, 0.6) is 0 Å². The van der Waals surface area contributed by atoms with Crippen LogP contribution in [-0.2, 0) is 0 Å². The molecule has 0 nitrogen and oxygen atoms in total. The standard InChI is InChI=1S/C26H17.ClH.Mg/c1-3-11-19(12-4-1)25-21-15-7-9-17-23(21)26(20-13-5-2-6-14-20)24-18-10-8-16-22(24)25;;/h1-9,11-18H;1H;/q;;+1/p-1. The summed E-state index contributed by atoms with van der Waals surface area (Å²) in [7, 11) is 6.34. The summed E-state index contributed by atoms with van der Waals surface area (Å²) in [5, 5.41) is 5.14. The van der Waals surface area contributed by atoms with Crippen molar-refractivity contribution in [3.05, 3.63) is 103 Å². The highest BCUT2D eigenvalue weighted by atomic mass is 35.5. The summed E-state index contributed by atoms with van der Waals surface area (Å²) < 4.78 is 1.28. The summed E-state index contributed by atoms with van der Waals surface area (Å²) in [6.45, 7) is 0. The second-order valence-electron chi connectivity index (χ2n) is 7.04. The van der Waals surface area contributed by atoms with Crippen molar-refractivity contribution in [1.82, 2.24) is 0 Å². The molecule has 0 heterocycles. The van der Waals surface area contributed by atoms with E-state index in [9.17, 15) is 0 Å². The van der Waals surface area contributed by atoms with Crippen molar-refractivity contribution in [3.63, 3.8) is 0 Å². The first-order chi connectivity index (χ1) is 13.9. The Balaban J connectivity index is 2.02. The van der Waals surface area contributed by atoms with E-state index in [1.54, 1.807) is 0 Å². The highest BCUT2D eigenvalue weighted by molar-refractivity contribution is 7.01. The van der Waals surface area contributed by atoms with Crippen molar-refractivity contribution in [2.24, 2.45) is 0 Å². The fourth-order valence-electron chi connectivity index (χ4n) is 4.14. The van der Waals surface area contributed by atoms with E-state index in [1.165, 1.54) is 47.5 Å². The van der Waals surface area contributed by atoms with Crippen molar-refractivity contribution in [3.8, 4) is 22.3 Å². The quantitative estimate of drug-likeness (QED) is 0.235. The van der Waals surface area contributed by atoms with Gasteiger partial charge in [-0.3, -0.25) is 0 Å².